The van der Waals surface area contributed by atoms with Gasteiger partial charge in [-0.2, -0.15) is 4.31 Å². The van der Waals surface area contributed by atoms with Crippen LogP contribution in [-0.2, 0) is 21.4 Å². The first-order chi connectivity index (χ1) is 15.6. The van der Waals surface area contributed by atoms with Gasteiger partial charge in [0.05, 0.1) is 17.5 Å². The first kappa shape index (κ1) is 25.0. The maximum atomic E-state index is 13.4. The first-order valence-electron chi connectivity index (χ1n) is 10.7. The van der Waals surface area contributed by atoms with Gasteiger partial charge in [-0.3, -0.25) is 4.79 Å². The van der Waals surface area contributed by atoms with Crippen molar-refractivity contribution >= 4 is 27.5 Å². The summed E-state index contributed by atoms with van der Waals surface area (Å²) in [4.78, 5) is 13.1. The molecule has 0 fully saturated rings. The van der Waals surface area contributed by atoms with E-state index in [1.165, 1.54) is 34.1 Å². The molecule has 3 aromatic carbocycles. The summed E-state index contributed by atoms with van der Waals surface area (Å²) in [7, 11) is -3.92. The van der Waals surface area contributed by atoms with Gasteiger partial charge in [-0.25, -0.2) is 8.42 Å². The van der Waals surface area contributed by atoms with Crippen LogP contribution in [0.4, 0.5) is 0 Å². The maximum Gasteiger partial charge on any atom is 0.243 e. The zero-order valence-electron chi connectivity index (χ0n) is 19.3. The number of carbonyl (C=O) groups is 1. The lowest BCUT2D eigenvalue weighted by Gasteiger charge is -2.24. The largest absolute Gasteiger partial charge is 0.348 e. The molecule has 0 saturated heterocycles. The van der Waals surface area contributed by atoms with E-state index in [1.807, 2.05) is 51.1 Å². The lowest BCUT2D eigenvalue weighted by molar-refractivity contribution is -0.122. The molecule has 1 atom stereocenters. The van der Waals surface area contributed by atoms with Crippen LogP contribution >= 0.6 is 11.6 Å². The minimum absolute atomic E-state index is 0.0796. The van der Waals surface area contributed by atoms with E-state index in [9.17, 15) is 13.2 Å². The molecule has 0 aromatic heterocycles. The summed E-state index contributed by atoms with van der Waals surface area (Å²) in [5, 5.41) is 3.41. The van der Waals surface area contributed by atoms with Crippen LogP contribution in [0.5, 0.6) is 0 Å². The molecule has 33 heavy (non-hydrogen) atoms. The molecule has 174 valence electrons. The standard InChI is InChI=1S/C26H29ClN2O3S/c1-18-14-20(3)25(15-19(18)2)21(4)28-26(30)17-29(16-22-8-6-5-7-9-22)33(31,32)24-12-10-23(27)11-13-24/h5-15,21H,16-17H2,1-4H3,(H,28,30)/t21-/m0/s1. The fourth-order valence-electron chi connectivity index (χ4n) is 3.74. The molecule has 0 aliphatic rings. The fraction of sp³-hybridized carbons (Fsp3) is 0.269. The van der Waals surface area contributed by atoms with Gasteiger partial charge in [0.2, 0.25) is 15.9 Å². The molecular weight excluding hydrogens is 456 g/mol. The van der Waals surface area contributed by atoms with Gasteiger partial charge in [-0.15, -0.1) is 0 Å². The van der Waals surface area contributed by atoms with Crippen molar-refractivity contribution in [2.24, 2.45) is 0 Å². The Morgan fingerprint density at radius 2 is 1.55 bits per heavy atom. The molecule has 1 amide bonds. The van der Waals surface area contributed by atoms with Crippen molar-refractivity contribution in [2.45, 2.75) is 45.2 Å². The first-order valence-corrected chi connectivity index (χ1v) is 12.6. The van der Waals surface area contributed by atoms with Crippen molar-refractivity contribution in [3.05, 3.63) is 99.6 Å². The van der Waals surface area contributed by atoms with Crippen molar-refractivity contribution in [3.8, 4) is 0 Å². The summed E-state index contributed by atoms with van der Waals surface area (Å²) < 4.78 is 28.0. The van der Waals surface area contributed by atoms with Gasteiger partial charge >= 0.3 is 0 Å². The molecule has 0 aliphatic carbocycles. The highest BCUT2D eigenvalue weighted by Gasteiger charge is 2.27. The monoisotopic (exact) mass is 484 g/mol. The number of halogens is 1. The van der Waals surface area contributed by atoms with Crippen LogP contribution in [-0.4, -0.2) is 25.2 Å². The number of nitrogens with one attached hydrogen (secondary N) is 1. The molecule has 7 heteroatoms. The Labute approximate surface area is 201 Å². The molecule has 0 aliphatic heterocycles. The molecule has 0 saturated carbocycles. The third-order valence-electron chi connectivity index (χ3n) is 5.70. The average molecular weight is 485 g/mol. The molecule has 5 nitrogen and oxygen atoms in total. The van der Waals surface area contributed by atoms with Gasteiger partial charge in [0.15, 0.2) is 0 Å². The van der Waals surface area contributed by atoms with E-state index in [4.69, 9.17) is 11.6 Å². The number of sulfonamides is 1. The smallest absolute Gasteiger partial charge is 0.243 e. The molecule has 0 unspecified atom stereocenters. The van der Waals surface area contributed by atoms with Crippen molar-refractivity contribution in [2.75, 3.05) is 6.54 Å². The highest BCUT2D eigenvalue weighted by molar-refractivity contribution is 7.89. The van der Waals surface area contributed by atoms with Crippen molar-refractivity contribution in [1.29, 1.82) is 0 Å². The van der Waals surface area contributed by atoms with E-state index in [-0.39, 0.29) is 29.9 Å². The summed E-state index contributed by atoms with van der Waals surface area (Å²) in [5.74, 6) is -0.367. The minimum Gasteiger partial charge on any atom is -0.348 e. The number of aryl methyl sites for hydroxylation is 3. The molecule has 0 bridgehead atoms. The van der Waals surface area contributed by atoms with Gasteiger partial charge in [0.25, 0.3) is 0 Å². The van der Waals surface area contributed by atoms with Gasteiger partial charge in [-0.05, 0) is 79.8 Å². The predicted octanol–water partition coefficient (Wildman–Crippen LogP) is 5.33. The molecule has 3 aromatic rings. The van der Waals surface area contributed by atoms with Gasteiger partial charge in [0.1, 0.15) is 0 Å². The zero-order valence-corrected chi connectivity index (χ0v) is 20.9. The van der Waals surface area contributed by atoms with Gasteiger partial charge < -0.3 is 5.32 Å². The summed E-state index contributed by atoms with van der Waals surface area (Å²) >= 11 is 5.93. The lowest BCUT2D eigenvalue weighted by atomic mass is 9.96. The normalized spacial score (nSPS) is 12.5. The van der Waals surface area contributed by atoms with E-state index in [0.717, 1.165) is 22.3 Å². The Kier molecular flexibility index (Phi) is 7.95. The summed E-state index contributed by atoms with van der Waals surface area (Å²) in [6.07, 6.45) is 0. The van der Waals surface area contributed by atoms with Crippen LogP contribution in [0.1, 0.15) is 40.8 Å². The number of amides is 1. The lowest BCUT2D eigenvalue weighted by Crippen LogP contribution is -2.41. The number of hydrogen-bond acceptors (Lipinski definition) is 3. The van der Waals surface area contributed by atoms with Gasteiger partial charge in [0, 0.05) is 11.6 Å². The Hall–Kier alpha value is -2.67. The van der Waals surface area contributed by atoms with Crippen molar-refractivity contribution in [3.63, 3.8) is 0 Å². The Balaban J connectivity index is 1.84. The topological polar surface area (TPSA) is 66.5 Å². The highest BCUT2D eigenvalue weighted by atomic mass is 35.5. The third kappa shape index (κ3) is 6.22. The van der Waals surface area contributed by atoms with E-state index in [1.54, 1.807) is 0 Å². The van der Waals surface area contributed by atoms with Crippen LogP contribution in [0.25, 0.3) is 0 Å². The van der Waals surface area contributed by atoms with Crippen LogP contribution in [0.3, 0.4) is 0 Å². The Morgan fingerprint density at radius 1 is 0.939 bits per heavy atom. The number of nitrogens with zero attached hydrogens (tertiary/aromatic N) is 1. The van der Waals surface area contributed by atoms with E-state index >= 15 is 0 Å². The van der Waals surface area contributed by atoms with Crippen LogP contribution in [0.15, 0.2) is 71.6 Å². The quantitative estimate of drug-likeness (QED) is 0.469. The molecule has 1 N–H and O–H groups in total. The second-order valence-corrected chi connectivity index (χ2v) is 10.7. The molecule has 0 spiro atoms. The predicted molar refractivity (Wildman–Crippen MR) is 133 cm³/mol. The SMILES string of the molecule is Cc1cc(C)c([C@H](C)NC(=O)CN(Cc2ccccc2)S(=O)(=O)c2ccc(Cl)cc2)cc1C. The summed E-state index contributed by atoms with van der Waals surface area (Å²) in [6.45, 7) is 7.79. The Morgan fingerprint density at radius 3 is 2.18 bits per heavy atom. The van der Waals surface area contributed by atoms with Gasteiger partial charge in [-0.1, -0.05) is 54.1 Å². The van der Waals surface area contributed by atoms with E-state index in [0.29, 0.717) is 5.02 Å². The fourth-order valence-corrected chi connectivity index (χ4v) is 5.25. The maximum absolute atomic E-state index is 13.4. The highest BCUT2D eigenvalue weighted by Crippen LogP contribution is 2.23. The number of carbonyl (C=O) groups excluding carboxylic acids is 1. The van der Waals surface area contributed by atoms with Crippen molar-refractivity contribution in [1.82, 2.24) is 9.62 Å². The average Bonchev–Trinajstić information content (AvgIpc) is 2.76. The summed E-state index contributed by atoms with van der Waals surface area (Å²) in [6, 6.07) is 19.1. The number of rotatable bonds is 8. The van der Waals surface area contributed by atoms with Crippen molar-refractivity contribution < 1.29 is 13.2 Å². The second-order valence-electron chi connectivity index (χ2n) is 8.29. The van der Waals surface area contributed by atoms with Crippen LogP contribution in [0, 0.1) is 20.8 Å². The van der Waals surface area contributed by atoms with E-state index < -0.39 is 10.0 Å². The minimum atomic E-state index is -3.92. The molecule has 0 heterocycles. The van der Waals surface area contributed by atoms with Crippen LogP contribution < -0.4 is 5.32 Å². The molecule has 3 rings (SSSR count). The number of hydrogen-bond donors (Lipinski definition) is 1. The molecule has 0 radical (unpaired) electrons. The Bertz CT molecular complexity index is 1230. The van der Waals surface area contributed by atoms with E-state index in [2.05, 4.69) is 24.4 Å². The van der Waals surface area contributed by atoms with Crippen LogP contribution in [0.2, 0.25) is 5.02 Å². The second kappa shape index (κ2) is 10.5. The molecular formula is C26H29ClN2O3S. The number of benzene rings is 3. The summed E-state index contributed by atoms with van der Waals surface area (Å²) in [5.41, 5.74) is 5.23. The zero-order chi connectivity index (χ0) is 24.2. The third-order valence-corrected chi connectivity index (χ3v) is 7.76.